The first-order valence-electron chi connectivity index (χ1n) is 9.48. The van der Waals surface area contributed by atoms with Crippen molar-refractivity contribution in [2.75, 3.05) is 7.11 Å². The van der Waals surface area contributed by atoms with Crippen molar-refractivity contribution >= 4 is 27.5 Å². The number of benzene rings is 2. The molecule has 5 heteroatoms. The van der Waals surface area contributed by atoms with Crippen LogP contribution in [0.1, 0.15) is 52.2 Å². The van der Waals surface area contributed by atoms with Crippen LogP contribution in [0, 0.1) is 5.41 Å². The molecule has 2 aromatic carbocycles. The second kappa shape index (κ2) is 9.51. The van der Waals surface area contributed by atoms with Gasteiger partial charge >= 0.3 is 0 Å². The van der Waals surface area contributed by atoms with Gasteiger partial charge in [-0.1, -0.05) is 60.4 Å². The van der Waals surface area contributed by atoms with E-state index in [-0.39, 0.29) is 11.0 Å². The fourth-order valence-corrected chi connectivity index (χ4v) is 4.17. The molecule has 0 amide bonds. The van der Waals surface area contributed by atoms with Crippen molar-refractivity contribution < 1.29 is 9.47 Å². The van der Waals surface area contributed by atoms with E-state index in [1.54, 1.807) is 7.11 Å². The van der Waals surface area contributed by atoms with Gasteiger partial charge in [0.15, 0.2) is 11.5 Å². The third-order valence-corrected chi connectivity index (χ3v) is 5.32. The summed E-state index contributed by atoms with van der Waals surface area (Å²) < 4.78 is 12.5. The Morgan fingerprint density at radius 3 is 2.36 bits per heavy atom. The quantitative estimate of drug-likeness (QED) is 0.452. The zero-order chi connectivity index (χ0) is 20.9. The highest BCUT2D eigenvalue weighted by Gasteiger charge is 2.25. The topological polar surface area (TPSA) is 30.5 Å². The lowest BCUT2D eigenvalue weighted by Gasteiger charge is -2.33. The monoisotopic (exact) mass is 467 g/mol. The van der Waals surface area contributed by atoms with Crippen LogP contribution in [0.2, 0.25) is 5.02 Å². The van der Waals surface area contributed by atoms with E-state index in [2.05, 4.69) is 55.9 Å². The van der Waals surface area contributed by atoms with Crippen molar-refractivity contribution in [2.24, 2.45) is 5.41 Å². The molecule has 0 aliphatic rings. The molecule has 0 atom stereocenters. The molecule has 0 saturated heterocycles. The van der Waals surface area contributed by atoms with E-state index in [0.717, 1.165) is 34.3 Å². The first kappa shape index (κ1) is 23.1. The van der Waals surface area contributed by atoms with Crippen LogP contribution in [0.25, 0.3) is 0 Å². The van der Waals surface area contributed by atoms with E-state index >= 15 is 0 Å². The molecule has 2 rings (SSSR count). The Morgan fingerprint density at radius 1 is 1.04 bits per heavy atom. The summed E-state index contributed by atoms with van der Waals surface area (Å²) in [4.78, 5) is 0. The van der Waals surface area contributed by atoms with Crippen LogP contribution in [0.15, 0.2) is 40.9 Å². The lowest BCUT2D eigenvalue weighted by molar-refractivity contribution is 0.240. The molecule has 0 aromatic heterocycles. The standard InChI is InChI=1S/C23H31BrClNO2/c1-22(2,3)15-23(4,5)26-13-17-11-20(27-6)21(12-19(17)24)28-14-16-8-7-9-18(25)10-16/h7-12,26H,13-15H2,1-6H3. The van der Waals surface area contributed by atoms with Crippen LogP contribution < -0.4 is 14.8 Å². The van der Waals surface area contributed by atoms with E-state index < -0.39 is 0 Å². The van der Waals surface area contributed by atoms with Crippen molar-refractivity contribution in [3.05, 3.63) is 57.0 Å². The molecule has 0 heterocycles. The predicted molar refractivity (Wildman–Crippen MR) is 121 cm³/mol. The van der Waals surface area contributed by atoms with Crippen molar-refractivity contribution in [1.82, 2.24) is 5.32 Å². The van der Waals surface area contributed by atoms with Gasteiger partial charge < -0.3 is 14.8 Å². The number of ether oxygens (including phenoxy) is 2. The van der Waals surface area contributed by atoms with Gasteiger partial charge in [0.2, 0.25) is 0 Å². The number of rotatable bonds is 8. The number of methoxy groups -OCH3 is 1. The zero-order valence-corrected chi connectivity index (χ0v) is 20.0. The van der Waals surface area contributed by atoms with E-state index in [0.29, 0.717) is 17.4 Å². The first-order chi connectivity index (χ1) is 13.0. The second-order valence-electron chi connectivity index (χ2n) is 8.99. The van der Waals surface area contributed by atoms with Crippen molar-refractivity contribution in [3.8, 4) is 11.5 Å². The normalized spacial score (nSPS) is 12.1. The molecular weight excluding hydrogens is 438 g/mol. The SMILES string of the molecule is COc1cc(CNC(C)(C)CC(C)(C)C)c(Br)cc1OCc1cccc(Cl)c1. The molecule has 28 heavy (non-hydrogen) atoms. The summed E-state index contributed by atoms with van der Waals surface area (Å²) in [6.07, 6.45) is 1.08. The van der Waals surface area contributed by atoms with Crippen LogP contribution in [0.3, 0.4) is 0 Å². The molecule has 0 saturated carbocycles. The molecule has 0 bridgehead atoms. The molecule has 154 valence electrons. The summed E-state index contributed by atoms with van der Waals surface area (Å²) in [6, 6.07) is 11.7. The van der Waals surface area contributed by atoms with Crippen molar-refractivity contribution in [1.29, 1.82) is 0 Å². The van der Waals surface area contributed by atoms with Crippen LogP contribution in [-0.4, -0.2) is 12.6 Å². The van der Waals surface area contributed by atoms with Gasteiger partial charge in [-0.25, -0.2) is 0 Å². The number of hydrogen-bond acceptors (Lipinski definition) is 3. The molecule has 0 fully saturated rings. The highest BCUT2D eigenvalue weighted by atomic mass is 79.9. The molecule has 2 aromatic rings. The van der Waals surface area contributed by atoms with Crippen LogP contribution in [0.4, 0.5) is 0 Å². The van der Waals surface area contributed by atoms with Gasteiger partial charge in [0.1, 0.15) is 6.61 Å². The Balaban J connectivity index is 2.10. The van der Waals surface area contributed by atoms with Crippen LogP contribution in [0.5, 0.6) is 11.5 Å². The lowest BCUT2D eigenvalue weighted by Crippen LogP contribution is -2.41. The third kappa shape index (κ3) is 7.31. The molecular formula is C23H31BrClNO2. The largest absolute Gasteiger partial charge is 0.493 e. The molecule has 0 aliphatic heterocycles. The van der Waals surface area contributed by atoms with Gasteiger partial charge in [-0.2, -0.15) is 0 Å². The van der Waals surface area contributed by atoms with E-state index in [4.69, 9.17) is 21.1 Å². The highest BCUT2D eigenvalue weighted by Crippen LogP contribution is 2.35. The molecule has 3 nitrogen and oxygen atoms in total. The van der Waals surface area contributed by atoms with Gasteiger partial charge in [-0.15, -0.1) is 0 Å². The fraction of sp³-hybridized carbons (Fsp3) is 0.478. The number of halogens is 2. The van der Waals surface area contributed by atoms with Gasteiger partial charge in [0.25, 0.3) is 0 Å². The second-order valence-corrected chi connectivity index (χ2v) is 10.3. The van der Waals surface area contributed by atoms with Crippen LogP contribution in [-0.2, 0) is 13.2 Å². The summed E-state index contributed by atoms with van der Waals surface area (Å²) >= 11 is 9.73. The molecule has 0 unspecified atom stereocenters. The Kier molecular flexibility index (Phi) is 7.83. The van der Waals surface area contributed by atoms with E-state index in [9.17, 15) is 0 Å². The van der Waals surface area contributed by atoms with Crippen LogP contribution >= 0.6 is 27.5 Å². The van der Waals surface area contributed by atoms with Crippen molar-refractivity contribution in [2.45, 2.75) is 59.7 Å². The Hall–Kier alpha value is -1.23. The maximum atomic E-state index is 6.05. The first-order valence-corrected chi connectivity index (χ1v) is 10.6. The molecule has 1 N–H and O–H groups in total. The van der Waals surface area contributed by atoms with Gasteiger partial charge in [-0.3, -0.25) is 0 Å². The summed E-state index contributed by atoms with van der Waals surface area (Å²) in [6.45, 7) is 12.5. The van der Waals surface area contributed by atoms with E-state index in [1.165, 1.54) is 0 Å². The van der Waals surface area contributed by atoms with E-state index in [1.807, 2.05) is 36.4 Å². The highest BCUT2D eigenvalue weighted by molar-refractivity contribution is 9.10. The maximum Gasteiger partial charge on any atom is 0.162 e. The number of nitrogens with one attached hydrogen (secondary N) is 1. The summed E-state index contributed by atoms with van der Waals surface area (Å²) in [5.74, 6) is 1.42. The minimum atomic E-state index is 0.0344. The predicted octanol–water partition coefficient (Wildman–Crippen LogP) is 6.99. The molecule has 0 radical (unpaired) electrons. The average molecular weight is 469 g/mol. The van der Waals surface area contributed by atoms with Gasteiger partial charge in [0, 0.05) is 21.6 Å². The minimum absolute atomic E-state index is 0.0344. The Labute approximate surface area is 182 Å². The summed E-state index contributed by atoms with van der Waals surface area (Å²) in [5, 5.41) is 4.37. The number of hydrogen-bond donors (Lipinski definition) is 1. The third-order valence-electron chi connectivity index (χ3n) is 4.35. The fourth-order valence-electron chi connectivity index (χ4n) is 3.50. The molecule has 0 aliphatic carbocycles. The summed E-state index contributed by atoms with van der Waals surface area (Å²) in [5.41, 5.74) is 2.45. The summed E-state index contributed by atoms with van der Waals surface area (Å²) in [7, 11) is 1.66. The minimum Gasteiger partial charge on any atom is -0.493 e. The zero-order valence-electron chi connectivity index (χ0n) is 17.7. The Bertz CT molecular complexity index is 800. The van der Waals surface area contributed by atoms with Gasteiger partial charge in [0.05, 0.1) is 7.11 Å². The lowest BCUT2D eigenvalue weighted by atomic mass is 9.82. The maximum absolute atomic E-state index is 6.05. The van der Waals surface area contributed by atoms with Gasteiger partial charge in [-0.05, 0) is 61.1 Å². The average Bonchev–Trinajstić information content (AvgIpc) is 2.57. The van der Waals surface area contributed by atoms with Crippen molar-refractivity contribution in [3.63, 3.8) is 0 Å². The smallest absolute Gasteiger partial charge is 0.162 e. The Morgan fingerprint density at radius 2 is 1.75 bits per heavy atom. The molecule has 0 spiro atoms.